The molecule has 3 N–H and O–H groups in total. The van der Waals surface area contributed by atoms with Gasteiger partial charge in [-0.05, 0) is 80.9 Å². The SMILES string of the molecule is O=C(N[C@H](Cc1ccc2[nH]c(=O)oc2c1)C(=O)N1CCC(N2CCCCC2)CC1)N1CCC(N2Cc3cccc(F)c3NC2=O)CC1. The number of rotatable bonds is 6. The Balaban J connectivity index is 1.00. The van der Waals surface area contributed by atoms with Crippen LogP contribution in [0.2, 0.25) is 0 Å². The van der Waals surface area contributed by atoms with E-state index in [4.69, 9.17) is 4.42 Å². The molecule has 1 aromatic heterocycles. The highest BCUT2D eigenvalue weighted by atomic mass is 19.1. The number of halogens is 1. The first-order valence-electron chi connectivity index (χ1n) is 16.9. The zero-order chi connectivity index (χ0) is 32.5. The number of benzene rings is 2. The number of fused-ring (bicyclic) bond motifs is 2. The Morgan fingerprint density at radius 2 is 1.64 bits per heavy atom. The number of nitrogens with zero attached hydrogens (tertiary/aromatic N) is 4. The Labute approximate surface area is 272 Å². The summed E-state index contributed by atoms with van der Waals surface area (Å²) >= 11 is 0. The van der Waals surface area contributed by atoms with Crippen LogP contribution in [0.1, 0.15) is 56.1 Å². The molecular weight excluding hydrogens is 605 g/mol. The molecule has 3 aromatic rings. The summed E-state index contributed by atoms with van der Waals surface area (Å²) in [6.45, 7) is 4.69. The number of piperidine rings is 3. The van der Waals surface area contributed by atoms with E-state index in [9.17, 15) is 23.6 Å². The van der Waals surface area contributed by atoms with Crippen molar-refractivity contribution in [2.24, 2.45) is 0 Å². The second kappa shape index (κ2) is 13.4. The minimum Gasteiger partial charge on any atom is -0.408 e. The van der Waals surface area contributed by atoms with Gasteiger partial charge in [0, 0.05) is 51.2 Å². The summed E-state index contributed by atoms with van der Waals surface area (Å²) in [4.78, 5) is 62.7. The Bertz CT molecular complexity index is 1690. The fraction of sp³-hybridized carbons (Fsp3) is 0.529. The summed E-state index contributed by atoms with van der Waals surface area (Å²) in [6.07, 6.45) is 6.97. The third-order valence-electron chi connectivity index (χ3n) is 10.3. The van der Waals surface area contributed by atoms with Crippen molar-refractivity contribution < 1.29 is 23.2 Å². The predicted octanol–water partition coefficient (Wildman–Crippen LogP) is 3.87. The number of urea groups is 2. The molecular formula is C34H42FN7O5. The first-order valence-corrected chi connectivity index (χ1v) is 16.9. The zero-order valence-electron chi connectivity index (χ0n) is 26.5. The number of amides is 5. The second-order valence-corrected chi connectivity index (χ2v) is 13.3. The van der Waals surface area contributed by atoms with Crippen molar-refractivity contribution in [3.05, 3.63) is 63.9 Å². The lowest BCUT2D eigenvalue weighted by Gasteiger charge is -2.42. The van der Waals surface area contributed by atoms with E-state index in [0.717, 1.165) is 37.1 Å². The van der Waals surface area contributed by atoms with Crippen LogP contribution in [0.4, 0.5) is 19.7 Å². The number of H-pyrrole nitrogens is 1. The van der Waals surface area contributed by atoms with E-state index < -0.39 is 17.6 Å². The van der Waals surface area contributed by atoms with Gasteiger partial charge in [-0.25, -0.2) is 18.8 Å². The number of aromatic nitrogens is 1. The number of hydrogen-bond donors (Lipinski definition) is 3. The van der Waals surface area contributed by atoms with E-state index in [-0.39, 0.29) is 36.1 Å². The van der Waals surface area contributed by atoms with Crippen LogP contribution in [0, 0.1) is 5.82 Å². The quantitative estimate of drug-likeness (QED) is 0.372. The smallest absolute Gasteiger partial charge is 0.408 e. The fourth-order valence-electron chi connectivity index (χ4n) is 7.70. The van der Waals surface area contributed by atoms with Crippen LogP contribution in [0.5, 0.6) is 0 Å². The number of hydrogen-bond acceptors (Lipinski definition) is 6. The Morgan fingerprint density at radius 3 is 2.40 bits per heavy atom. The molecule has 0 spiro atoms. The number of nitrogens with one attached hydrogen (secondary N) is 3. The van der Waals surface area contributed by atoms with Gasteiger partial charge in [0.15, 0.2) is 5.58 Å². The molecule has 0 unspecified atom stereocenters. The number of likely N-dealkylation sites (tertiary alicyclic amines) is 3. The summed E-state index contributed by atoms with van der Waals surface area (Å²) in [6, 6.07) is 9.02. The van der Waals surface area contributed by atoms with Crippen LogP contribution in [-0.4, -0.2) is 99.9 Å². The maximum absolute atomic E-state index is 14.2. The average molecular weight is 648 g/mol. The molecule has 4 aliphatic rings. The summed E-state index contributed by atoms with van der Waals surface area (Å²) in [5, 5.41) is 5.72. The molecule has 5 amide bonds. The molecule has 3 fully saturated rings. The van der Waals surface area contributed by atoms with Gasteiger partial charge in [-0.1, -0.05) is 24.6 Å². The van der Waals surface area contributed by atoms with E-state index in [0.29, 0.717) is 62.7 Å². The third-order valence-corrected chi connectivity index (χ3v) is 10.3. The van der Waals surface area contributed by atoms with Crippen LogP contribution in [0.15, 0.2) is 45.6 Å². The molecule has 7 rings (SSSR count). The van der Waals surface area contributed by atoms with E-state index in [1.807, 2.05) is 17.0 Å². The van der Waals surface area contributed by atoms with Gasteiger partial charge in [0.25, 0.3) is 0 Å². The lowest BCUT2D eigenvalue weighted by atomic mass is 9.98. The first-order chi connectivity index (χ1) is 22.8. The molecule has 0 aliphatic carbocycles. The molecule has 3 saturated heterocycles. The molecule has 5 heterocycles. The summed E-state index contributed by atoms with van der Waals surface area (Å²) < 4.78 is 19.5. The van der Waals surface area contributed by atoms with Crippen molar-refractivity contribution in [3.63, 3.8) is 0 Å². The van der Waals surface area contributed by atoms with Crippen LogP contribution < -0.4 is 16.4 Å². The van der Waals surface area contributed by atoms with Gasteiger partial charge in [0.2, 0.25) is 5.91 Å². The number of oxazole rings is 1. The highest BCUT2D eigenvalue weighted by molar-refractivity contribution is 5.93. The predicted molar refractivity (Wildman–Crippen MR) is 173 cm³/mol. The van der Waals surface area contributed by atoms with Gasteiger partial charge in [-0.2, -0.15) is 0 Å². The van der Waals surface area contributed by atoms with Gasteiger partial charge in [0.05, 0.1) is 11.2 Å². The minimum atomic E-state index is -0.797. The normalized spacial score (nSPS) is 20.6. The van der Waals surface area contributed by atoms with Crippen molar-refractivity contribution in [2.45, 2.75) is 76.0 Å². The zero-order valence-corrected chi connectivity index (χ0v) is 26.5. The van der Waals surface area contributed by atoms with Crippen LogP contribution in [-0.2, 0) is 17.8 Å². The van der Waals surface area contributed by atoms with E-state index >= 15 is 0 Å². The number of anilines is 1. The standard InChI is InChI=1S/C34H42FN7O5/c35-26-6-4-5-23-21-42(33(45)38-30(23)26)25-11-17-41(18-12-25)32(44)36-28(19-22-7-8-27-29(20-22)47-34(46)37-27)31(43)40-15-9-24(10-16-40)39-13-2-1-3-14-39/h4-8,20,24-25,28H,1-3,9-19,21H2,(H,36,44)(H,37,46)(H,38,45)/t28-/m1/s1. The topological polar surface area (TPSA) is 134 Å². The molecule has 0 radical (unpaired) electrons. The first kappa shape index (κ1) is 31.2. The molecule has 250 valence electrons. The van der Waals surface area contributed by atoms with Gasteiger partial charge < -0.3 is 34.7 Å². The molecule has 12 nitrogen and oxygen atoms in total. The van der Waals surface area contributed by atoms with Crippen LogP contribution in [0.3, 0.4) is 0 Å². The maximum atomic E-state index is 14.2. The third kappa shape index (κ3) is 6.71. The molecule has 13 heteroatoms. The lowest BCUT2D eigenvalue weighted by molar-refractivity contribution is -0.134. The van der Waals surface area contributed by atoms with Gasteiger partial charge in [-0.3, -0.25) is 9.78 Å². The maximum Gasteiger partial charge on any atom is 0.417 e. The molecule has 4 aliphatic heterocycles. The van der Waals surface area contributed by atoms with E-state index in [1.54, 1.807) is 28.0 Å². The molecule has 0 bridgehead atoms. The molecule has 47 heavy (non-hydrogen) atoms. The number of para-hydroxylation sites is 1. The highest BCUT2D eigenvalue weighted by Gasteiger charge is 2.36. The summed E-state index contributed by atoms with van der Waals surface area (Å²) in [7, 11) is 0. The average Bonchev–Trinajstić information content (AvgIpc) is 3.47. The van der Waals surface area contributed by atoms with E-state index in [1.165, 1.54) is 25.3 Å². The van der Waals surface area contributed by atoms with Crippen LogP contribution >= 0.6 is 0 Å². The Hall–Kier alpha value is -4.39. The van der Waals surface area contributed by atoms with Crippen molar-refractivity contribution >= 4 is 34.8 Å². The van der Waals surface area contributed by atoms with Gasteiger partial charge in [-0.15, -0.1) is 0 Å². The minimum absolute atomic E-state index is 0.100. The molecule has 0 saturated carbocycles. The number of carbonyl (C=O) groups is 3. The number of carbonyl (C=O) groups excluding carboxylic acids is 3. The summed E-state index contributed by atoms with van der Waals surface area (Å²) in [5.41, 5.74) is 2.71. The van der Waals surface area contributed by atoms with E-state index in [2.05, 4.69) is 20.5 Å². The molecule has 2 aromatic carbocycles. The monoisotopic (exact) mass is 647 g/mol. The van der Waals surface area contributed by atoms with Gasteiger partial charge in [0.1, 0.15) is 11.9 Å². The Morgan fingerprint density at radius 1 is 0.915 bits per heavy atom. The highest BCUT2D eigenvalue weighted by Crippen LogP contribution is 2.30. The van der Waals surface area contributed by atoms with Crippen molar-refractivity contribution in [2.75, 3.05) is 44.6 Å². The largest absolute Gasteiger partial charge is 0.417 e. The van der Waals surface area contributed by atoms with Gasteiger partial charge >= 0.3 is 17.8 Å². The lowest BCUT2D eigenvalue weighted by Crippen LogP contribution is -2.57. The van der Waals surface area contributed by atoms with Crippen molar-refractivity contribution in [1.82, 2.24) is 29.9 Å². The van der Waals surface area contributed by atoms with Crippen molar-refractivity contribution in [1.29, 1.82) is 0 Å². The molecule has 1 atom stereocenters. The van der Waals surface area contributed by atoms with Crippen LogP contribution in [0.25, 0.3) is 11.1 Å². The fourth-order valence-corrected chi connectivity index (χ4v) is 7.70. The number of aromatic amines is 1. The Kier molecular flexibility index (Phi) is 8.89. The van der Waals surface area contributed by atoms with Crippen molar-refractivity contribution in [3.8, 4) is 0 Å². The summed E-state index contributed by atoms with van der Waals surface area (Å²) in [5.74, 6) is -1.11. The second-order valence-electron chi connectivity index (χ2n) is 13.3.